The third-order valence-electron chi connectivity index (χ3n) is 7.46. The van der Waals surface area contributed by atoms with Gasteiger partial charge in [0, 0.05) is 29.2 Å². The van der Waals surface area contributed by atoms with Crippen LogP contribution in [0.3, 0.4) is 0 Å². The molecule has 6 nitrogen and oxygen atoms in total. The fraction of sp³-hybridized carbons (Fsp3) is 0.281. The monoisotopic (exact) mass is 660 g/mol. The van der Waals surface area contributed by atoms with E-state index in [-0.39, 0.29) is 22.1 Å². The number of carboxylic acid groups (broad SMARTS) is 1. The van der Waals surface area contributed by atoms with Gasteiger partial charge in [0.15, 0.2) is 0 Å². The number of ether oxygens (including phenoxy) is 1. The van der Waals surface area contributed by atoms with E-state index < -0.39 is 17.7 Å². The van der Waals surface area contributed by atoms with Crippen LogP contribution in [0.4, 0.5) is 13.2 Å². The molecule has 2 aliphatic heterocycles. The van der Waals surface area contributed by atoms with Crippen molar-refractivity contribution in [3.05, 3.63) is 92.8 Å². The molecule has 44 heavy (non-hydrogen) atoms. The van der Waals surface area contributed by atoms with E-state index in [9.17, 15) is 22.8 Å². The lowest BCUT2D eigenvalue weighted by Crippen LogP contribution is -2.30. The highest BCUT2D eigenvalue weighted by Gasteiger charge is 2.33. The van der Waals surface area contributed by atoms with Crippen LogP contribution in [0.15, 0.2) is 65.6 Å². The van der Waals surface area contributed by atoms with Crippen LogP contribution in [-0.2, 0) is 17.4 Å². The molecule has 0 aromatic heterocycles. The molecule has 2 aliphatic rings. The summed E-state index contributed by atoms with van der Waals surface area (Å²) in [6, 6.07) is 14.6. The Kier molecular flexibility index (Phi) is 9.99. The average molecular weight is 661 g/mol. The molecule has 0 atom stereocenters. The van der Waals surface area contributed by atoms with Gasteiger partial charge in [-0.3, -0.25) is 14.6 Å². The molecular weight excluding hydrogens is 633 g/mol. The van der Waals surface area contributed by atoms with Crippen molar-refractivity contribution in [1.82, 2.24) is 9.80 Å². The normalized spacial score (nSPS) is 16.7. The Morgan fingerprint density at radius 3 is 2.45 bits per heavy atom. The first-order valence-electron chi connectivity index (χ1n) is 13.9. The summed E-state index contributed by atoms with van der Waals surface area (Å²) in [6.45, 7) is 3.46. The van der Waals surface area contributed by atoms with Crippen molar-refractivity contribution in [2.45, 2.75) is 25.4 Å². The van der Waals surface area contributed by atoms with E-state index in [2.05, 4.69) is 4.90 Å². The lowest BCUT2D eigenvalue weighted by atomic mass is 9.99. The minimum atomic E-state index is -4.53. The molecule has 0 saturated carbocycles. The lowest BCUT2D eigenvalue weighted by molar-refractivity contribution is -0.137. The Bertz CT molecular complexity index is 1610. The second-order valence-corrected chi connectivity index (χ2v) is 12.5. The molecule has 2 fully saturated rings. The average Bonchev–Trinajstić information content (AvgIpc) is 3.60. The van der Waals surface area contributed by atoms with Gasteiger partial charge >= 0.3 is 12.1 Å². The van der Waals surface area contributed by atoms with E-state index in [1.807, 2.05) is 0 Å². The van der Waals surface area contributed by atoms with Gasteiger partial charge in [-0.1, -0.05) is 53.8 Å². The van der Waals surface area contributed by atoms with E-state index in [1.165, 1.54) is 23.1 Å². The molecule has 1 amide bonds. The zero-order valence-electron chi connectivity index (χ0n) is 23.4. The Balaban J connectivity index is 1.40. The zero-order chi connectivity index (χ0) is 31.4. The number of carboxylic acids is 1. The summed E-state index contributed by atoms with van der Waals surface area (Å²) in [5.41, 5.74) is 1.38. The second kappa shape index (κ2) is 13.7. The predicted octanol–water partition coefficient (Wildman–Crippen LogP) is 7.64. The summed E-state index contributed by atoms with van der Waals surface area (Å²) in [5, 5.41) is 9.27. The van der Waals surface area contributed by atoms with Crippen molar-refractivity contribution in [2.24, 2.45) is 0 Å². The minimum Gasteiger partial charge on any atom is -0.492 e. The number of rotatable bonds is 10. The van der Waals surface area contributed by atoms with Crippen LogP contribution in [0.1, 0.15) is 39.9 Å². The van der Waals surface area contributed by atoms with Gasteiger partial charge in [-0.05, 0) is 92.0 Å². The van der Waals surface area contributed by atoms with Crippen LogP contribution in [0.5, 0.6) is 5.75 Å². The summed E-state index contributed by atoms with van der Waals surface area (Å²) >= 11 is 13.0. The first-order valence-corrected chi connectivity index (χ1v) is 15.5. The summed E-state index contributed by atoms with van der Waals surface area (Å²) in [6.07, 6.45) is -0.126. The largest absolute Gasteiger partial charge is 0.492 e. The summed E-state index contributed by atoms with van der Waals surface area (Å²) in [7, 11) is 0. The quantitative estimate of drug-likeness (QED) is 0.177. The van der Waals surface area contributed by atoms with E-state index in [1.54, 1.807) is 36.4 Å². The maximum absolute atomic E-state index is 13.5. The zero-order valence-corrected chi connectivity index (χ0v) is 25.8. The fourth-order valence-electron chi connectivity index (χ4n) is 5.06. The molecule has 0 radical (unpaired) electrons. The number of benzene rings is 3. The van der Waals surface area contributed by atoms with E-state index in [0.717, 1.165) is 61.9 Å². The van der Waals surface area contributed by atoms with Crippen molar-refractivity contribution >= 4 is 57.9 Å². The molecule has 3 aromatic carbocycles. The first kappa shape index (κ1) is 32.0. The third-order valence-corrected chi connectivity index (χ3v) is 9.17. The van der Waals surface area contributed by atoms with Crippen LogP contribution in [0, 0.1) is 0 Å². The van der Waals surface area contributed by atoms with Gasteiger partial charge in [-0.2, -0.15) is 13.2 Å². The first-order chi connectivity index (χ1) is 21.0. The van der Waals surface area contributed by atoms with Crippen molar-refractivity contribution < 1.29 is 32.6 Å². The minimum absolute atomic E-state index is 0.161. The van der Waals surface area contributed by atoms with Crippen molar-refractivity contribution in [3.8, 4) is 16.9 Å². The lowest BCUT2D eigenvalue weighted by Gasteiger charge is -2.17. The van der Waals surface area contributed by atoms with E-state index in [0.29, 0.717) is 45.7 Å². The number of nitrogens with zero attached hydrogens (tertiary/aromatic N) is 2. The number of aromatic carboxylic acids is 1. The summed E-state index contributed by atoms with van der Waals surface area (Å²) in [5.74, 6) is -0.829. The Hall–Kier alpha value is -3.38. The van der Waals surface area contributed by atoms with Gasteiger partial charge in [0.25, 0.3) is 5.91 Å². The van der Waals surface area contributed by atoms with E-state index >= 15 is 0 Å². The second-order valence-electron chi connectivity index (χ2n) is 10.4. The maximum Gasteiger partial charge on any atom is 0.416 e. The molecule has 12 heteroatoms. The molecule has 0 aliphatic carbocycles. The molecular formula is C32H28ClF3N2O4S2. The molecule has 0 unspecified atom stereocenters. The molecule has 0 spiro atoms. The number of carbonyl (C=O) groups is 2. The van der Waals surface area contributed by atoms with Gasteiger partial charge in [0.2, 0.25) is 0 Å². The van der Waals surface area contributed by atoms with Gasteiger partial charge in [0.05, 0.1) is 16.0 Å². The Labute approximate surface area is 267 Å². The Morgan fingerprint density at radius 2 is 1.77 bits per heavy atom. The third kappa shape index (κ3) is 7.63. The van der Waals surface area contributed by atoms with Gasteiger partial charge in [-0.25, -0.2) is 4.79 Å². The summed E-state index contributed by atoms with van der Waals surface area (Å²) in [4.78, 5) is 28.7. The maximum atomic E-state index is 13.5. The van der Waals surface area contributed by atoms with Gasteiger partial charge in [-0.15, -0.1) is 0 Å². The number of hydrogen-bond donors (Lipinski definition) is 1. The number of carbonyl (C=O) groups excluding carboxylic acids is 1. The standard InChI is InChI=1S/C32H28ClF3N2O4S2/c33-26-9-8-24(32(34,35)36)19-25(26)22-7-10-27(42-16-15-37-12-1-2-13-37)23(17-22)18-28-29(39)38(31(43)44-28)14-11-20-3-5-21(6-4-20)30(40)41/h3-10,17-19H,1-2,11-16H2,(H,40,41). The van der Waals surface area contributed by atoms with Crippen LogP contribution < -0.4 is 4.74 Å². The highest BCUT2D eigenvalue weighted by Crippen LogP contribution is 2.39. The van der Waals surface area contributed by atoms with Gasteiger partial charge < -0.3 is 9.84 Å². The number of hydrogen-bond acceptors (Lipinski definition) is 6. The number of thiocarbonyl (C=S) groups is 1. The van der Waals surface area contributed by atoms with Gasteiger partial charge in [0.1, 0.15) is 16.7 Å². The topological polar surface area (TPSA) is 70.1 Å². The number of amides is 1. The van der Waals surface area contributed by atoms with Crippen molar-refractivity contribution in [2.75, 3.05) is 32.8 Å². The van der Waals surface area contributed by atoms with Crippen LogP contribution >= 0.6 is 35.6 Å². The number of halogens is 4. The smallest absolute Gasteiger partial charge is 0.416 e. The highest BCUT2D eigenvalue weighted by atomic mass is 35.5. The highest BCUT2D eigenvalue weighted by molar-refractivity contribution is 8.26. The molecule has 3 aromatic rings. The number of thioether (sulfide) groups is 1. The van der Waals surface area contributed by atoms with Crippen LogP contribution in [0.25, 0.3) is 17.2 Å². The SMILES string of the molecule is O=C(O)c1ccc(CCN2C(=O)C(=Cc3cc(-c4cc(C(F)(F)F)ccc4Cl)ccc3OCCN3CCCC3)SC2=S)cc1. The fourth-order valence-corrected chi connectivity index (χ4v) is 6.59. The molecule has 0 bridgehead atoms. The van der Waals surface area contributed by atoms with E-state index in [4.69, 9.17) is 33.7 Å². The number of likely N-dealkylation sites (tertiary alicyclic amines) is 1. The number of alkyl halides is 3. The van der Waals surface area contributed by atoms with Crippen LogP contribution in [0.2, 0.25) is 5.02 Å². The Morgan fingerprint density at radius 1 is 1.05 bits per heavy atom. The van der Waals surface area contributed by atoms with Crippen LogP contribution in [-0.4, -0.2) is 63.9 Å². The molecule has 5 rings (SSSR count). The molecule has 2 saturated heterocycles. The molecule has 1 N–H and O–H groups in total. The summed E-state index contributed by atoms with van der Waals surface area (Å²) < 4.78 is 46.9. The van der Waals surface area contributed by atoms with Crippen molar-refractivity contribution in [1.29, 1.82) is 0 Å². The molecule has 230 valence electrons. The molecule has 2 heterocycles. The van der Waals surface area contributed by atoms with Crippen molar-refractivity contribution in [3.63, 3.8) is 0 Å². The predicted molar refractivity (Wildman–Crippen MR) is 170 cm³/mol.